The molecule has 2 nitrogen and oxygen atoms in total. The van der Waals surface area contributed by atoms with Gasteiger partial charge in [-0.2, -0.15) is 0 Å². The van der Waals surface area contributed by atoms with Crippen molar-refractivity contribution in [1.82, 2.24) is 0 Å². The molecule has 0 aliphatic rings. The van der Waals surface area contributed by atoms with E-state index in [9.17, 15) is 4.79 Å². The van der Waals surface area contributed by atoms with E-state index in [2.05, 4.69) is 12.9 Å². The largest absolute Gasteiger partial charge is 0.313 e. The Morgan fingerprint density at radius 2 is 2.00 bits per heavy atom. The van der Waals surface area contributed by atoms with E-state index >= 15 is 0 Å². The number of thiol groups is 1. The van der Waals surface area contributed by atoms with Crippen molar-refractivity contribution >= 4 is 19.2 Å². The van der Waals surface area contributed by atoms with Crippen molar-refractivity contribution in [3.8, 4) is 0 Å². The molecule has 0 amide bonds. The van der Waals surface area contributed by atoms with E-state index in [0.717, 1.165) is 32.0 Å². The fourth-order valence-electron chi connectivity index (χ4n) is 1.00. The van der Waals surface area contributed by atoms with Gasteiger partial charge in [-0.1, -0.05) is 12.8 Å². The van der Waals surface area contributed by atoms with E-state index < -0.39 is 0 Å². The molecule has 0 N–H and O–H groups in total. The summed E-state index contributed by atoms with van der Waals surface area (Å²) in [7, 11) is 0. The Morgan fingerprint density at radius 1 is 1.33 bits per heavy atom. The predicted molar refractivity (Wildman–Crippen MR) is 53.3 cm³/mol. The molecule has 0 spiro atoms. The average molecular weight is 190 g/mol. The smallest absolute Gasteiger partial charge is 0.119 e. The molecule has 0 radical (unpaired) electrons. The lowest BCUT2D eigenvalue weighted by molar-refractivity contribution is -0.107. The molecule has 0 saturated carbocycles. The van der Waals surface area contributed by atoms with Crippen LogP contribution in [0.25, 0.3) is 0 Å². The van der Waals surface area contributed by atoms with Crippen LogP contribution in [-0.2, 0) is 8.98 Å². The van der Waals surface area contributed by atoms with Crippen LogP contribution in [-0.4, -0.2) is 11.9 Å². The first kappa shape index (κ1) is 12.0. The van der Waals surface area contributed by atoms with Crippen LogP contribution < -0.4 is 0 Å². The maximum atomic E-state index is 9.98. The topological polar surface area (TPSA) is 26.3 Å². The van der Waals surface area contributed by atoms with Gasteiger partial charge in [-0.15, -0.1) is 0 Å². The Morgan fingerprint density at radius 3 is 2.50 bits per heavy atom. The first-order valence-corrected chi connectivity index (χ1v) is 4.75. The standard InChI is InChI=1S/C9H18O2S/c1-9(2,11-12)7-5-3-4-6-8-10/h8,12H,3-7H2,1-2H3. The third kappa shape index (κ3) is 6.68. The minimum atomic E-state index is -0.135. The van der Waals surface area contributed by atoms with Gasteiger partial charge in [-0.3, -0.25) is 0 Å². The van der Waals surface area contributed by atoms with Gasteiger partial charge in [0.15, 0.2) is 0 Å². The Hall–Kier alpha value is -0.0200. The van der Waals surface area contributed by atoms with Gasteiger partial charge in [-0.05, 0) is 39.6 Å². The molecular formula is C9H18O2S. The molecule has 0 heterocycles. The maximum absolute atomic E-state index is 9.98. The van der Waals surface area contributed by atoms with Crippen molar-refractivity contribution in [2.24, 2.45) is 0 Å². The van der Waals surface area contributed by atoms with E-state index in [1.54, 1.807) is 0 Å². The van der Waals surface area contributed by atoms with Crippen molar-refractivity contribution < 1.29 is 8.98 Å². The van der Waals surface area contributed by atoms with Crippen molar-refractivity contribution in [3.05, 3.63) is 0 Å². The highest BCUT2D eigenvalue weighted by Gasteiger charge is 2.15. The van der Waals surface area contributed by atoms with Crippen LogP contribution in [0.2, 0.25) is 0 Å². The molecule has 12 heavy (non-hydrogen) atoms. The summed E-state index contributed by atoms with van der Waals surface area (Å²) in [5, 5.41) is 0. The van der Waals surface area contributed by atoms with Crippen LogP contribution in [0.1, 0.15) is 46.0 Å². The summed E-state index contributed by atoms with van der Waals surface area (Å²) in [6.45, 7) is 4.03. The lowest BCUT2D eigenvalue weighted by atomic mass is 10.0. The minimum Gasteiger partial charge on any atom is -0.313 e. The first-order valence-electron chi connectivity index (χ1n) is 4.38. The van der Waals surface area contributed by atoms with Gasteiger partial charge >= 0.3 is 0 Å². The summed E-state index contributed by atoms with van der Waals surface area (Å²) in [4.78, 5) is 9.98. The predicted octanol–water partition coefficient (Wildman–Crippen LogP) is 2.78. The van der Waals surface area contributed by atoms with Gasteiger partial charge in [0.2, 0.25) is 0 Å². The molecule has 0 bridgehead atoms. The van der Waals surface area contributed by atoms with E-state index in [-0.39, 0.29) is 5.60 Å². The number of carbonyl (C=O) groups excluding carboxylic acids is 1. The fraction of sp³-hybridized carbons (Fsp3) is 0.889. The monoisotopic (exact) mass is 190 g/mol. The molecule has 3 heteroatoms. The lowest BCUT2D eigenvalue weighted by Gasteiger charge is -2.20. The van der Waals surface area contributed by atoms with Crippen molar-refractivity contribution in [2.45, 2.75) is 51.6 Å². The molecule has 0 aromatic carbocycles. The lowest BCUT2D eigenvalue weighted by Crippen LogP contribution is -2.19. The van der Waals surface area contributed by atoms with Crippen molar-refractivity contribution in [3.63, 3.8) is 0 Å². The zero-order valence-electron chi connectivity index (χ0n) is 7.88. The molecule has 0 aromatic rings. The highest BCUT2D eigenvalue weighted by atomic mass is 32.1. The van der Waals surface area contributed by atoms with Gasteiger partial charge in [0.05, 0.1) is 5.60 Å². The van der Waals surface area contributed by atoms with Gasteiger partial charge in [0.25, 0.3) is 0 Å². The molecule has 0 fully saturated rings. The van der Waals surface area contributed by atoms with Crippen molar-refractivity contribution in [1.29, 1.82) is 0 Å². The number of hydrogen-bond acceptors (Lipinski definition) is 3. The number of carbonyl (C=O) groups is 1. The van der Waals surface area contributed by atoms with Gasteiger partial charge < -0.3 is 8.98 Å². The third-order valence-electron chi connectivity index (χ3n) is 1.85. The number of hydrogen-bond donors (Lipinski definition) is 1. The first-order chi connectivity index (χ1) is 5.62. The molecule has 0 saturated heterocycles. The second-order valence-corrected chi connectivity index (χ2v) is 3.80. The Balaban J connectivity index is 3.24. The van der Waals surface area contributed by atoms with E-state index in [1.165, 1.54) is 0 Å². The summed E-state index contributed by atoms with van der Waals surface area (Å²) in [6.07, 6.45) is 5.84. The Labute approximate surface area is 80.3 Å². The third-order valence-corrected chi connectivity index (χ3v) is 2.34. The number of aldehydes is 1. The molecule has 72 valence electrons. The van der Waals surface area contributed by atoms with Crippen LogP contribution >= 0.6 is 12.9 Å². The van der Waals surface area contributed by atoms with Gasteiger partial charge in [0, 0.05) is 6.42 Å². The summed E-state index contributed by atoms with van der Waals surface area (Å²) in [5.74, 6) is 0. The van der Waals surface area contributed by atoms with Gasteiger partial charge in [-0.25, -0.2) is 0 Å². The zero-order valence-corrected chi connectivity index (χ0v) is 8.77. The SMILES string of the molecule is CC(C)(CCCCCC=O)OS. The van der Waals surface area contributed by atoms with E-state index in [4.69, 9.17) is 4.18 Å². The quantitative estimate of drug-likeness (QED) is 0.289. The summed E-state index contributed by atoms with van der Waals surface area (Å²) >= 11 is 3.79. The Kier molecular flexibility index (Phi) is 6.48. The summed E-state index contributed by atoms with van der Waals surface area (Å²) in [5.41, 5.74) is -0.135. The second-order valence-electron chi connectivity index (χ2n) is 3.62. The van der Waals surface area contributed by atoms with Crippen LogP contribution in [0, 0.1) is 0 Å². The fourth-order valence-corrected chi connectivity index (χ4v) is 1.09. The molecule has 0 rings (SSSR count). The highest BCUT2D eigenvalue weighted by Crippen LogP contribution is 2.19. The molecule has 0 atom stereocenters. The maximum Gasteiger partial charge on any atom is 0.119 e. The second kappa shape index (κ2) is 6.49. The average Bonchev–Trinajstić information content (AvgIpc) is 2.04. The van der Waals surface area contributed by atoms with Crippen molar-refractivity contribution in [2.75, 3.05) is 0 Å². The van der Waals surface area contributed by atoms with E-state index in [0.29, 0.717) is 6.42 Å². The molecule has 0 unspecified atom stereocenters. The summed E-state index contributed by atoms with van der Waals surface area (Å²) in [6, 6.07) is 0. The molecule has 0 aliphatic heterocycles. The molecule has 0 aromatic heterocycles. The molecular weight excluding hydrogens is 172 g/mol. The normalized spacial score (nSPS) is 11.6. The summed E-state index contributed by atoms with van der Waals surface area (Å²) < 4.78 is 4.97. The van der Waals surface area contributed by atoms with Crippen LogP contribution in [0.4, 0.5) is 0 Å². The minimum absolute atomic E-state index is 0.135. The zero-order chi connectivity index (χ0) is 9.45. The van der Waals surface area contributed by atoms with Crippen LogP contribution in [0.5, 0.6) is 0 Å². The highest BCUT2D eigenvalue weighted by molar-refractivity contribution is 7.75. The van der Waals surface area contributed by atoms with Crippen LogP contribution in [0.15, 0.2) is 0 Å². The molecule has 0 aliphatic carbocycles. The van der Waals surface area contributed by atoms with Crippen LogP contribution in [0.3, 0.4) is 0 Å². The number of unbranched alkanes of at least 4 members (excludes halogenated alkanes) is 3. The Bertz CT molecular complexity index is 124. The number of rotatable bonds is 7. The van der Waals surface area contributed by atoms with Gasteiger partial charge in [0.1, 0.15) is 6.29 Å². The van der Waals surface area contributed by atoms with E-state index in [1.807, 2.05) is 13.8 Å².